The number of hydrogen-bond donors (Lipinski definition) is 2. The predicted octanol–water partition coefficient (Wildman–Crippen LogP) is 2.98. The van der Waals surface area contributed by atoms with Crippen LogP contribution in [0.4, 0.5) is 5.69 Å². The number of aliphatic hydroxyl groups is 1. The second-order valence-corrected chi connectivity index (χ2v) is 12.3. The summed E-state index contributed by atoms with van der Waals surface area (Å²) < 4.78 is 34.6. The summed E-state index contributed by atoms with van der Waals surface area (Å²) in [5.41, 5.74) is 0.655. The van der Waals surface area contributed by atoms with Gasteiger partial charge in [-0.2, -0.15) is 4.31 Å². The lowest BCUT2D eigenvalue weighted by Gasteiger charge is -2.43. The van der Waals surface area contributed by atoms with Crippen molar-refractivity contribution in [2.24, 2.45) is 11.8 Å². The van der Waals surface area contributed by atoms with Crippen molar-refractivity contribution in [1.29, 1.82) is 0 Å². The molecule has 2 amide bonds. The van der Waals surface area contributed by atoms with Crippen molar-refractivity contribution in [2.45, 2.75) is 43.2 Å². The van der Waals surface area contributed by atoms with Gasteiger partial charge in [0.2, 0.25) is 15.9 Å². The topological polar surface area (TPSA) is 116 Å². The molecule has 0 spiro atoms. The van der Waals surface area contributed by atoms with E-state index in [2.05, 4.69) is 5.32 Å². The van der Waals surface area contributed by atoms with Crippen LogP contribution >= 0.6 is 11.6 Å². The van der Waals surface area contributed by atoms with Gasteiger partial charge in [0.15, 0.2) is 5.75 Å². The molecule has 2 N–H and O–H groups in total. The highest BCUT2D eigenvalue weighted by Gasteiger charge is 2.42. The Balaban J connectivity index is 1.50. The number of hydrogen-bond acceptors (Lipinski definition) is 6. The summed E-state index contributed by atoms with van der Waals surface area (Å²) >= 11 is 5.95. The Labute approximate surface area is 221 Å². The molecule has 2 fully saturated rings. The number of para-hydroxylation sites is 1. The monoisotopic (exact) mass is 547 g/mol. The molecule has 198 valence electrons. The second-order valence-electron chi connectivity index (χ2n) is 9.96. The lowest BCUT2D eigenvalue weighted by molar-refractivity contribution is -0.117. The number of carbonyl (C=O) groups excluding carboxylic acids is 2. The number of aliphatic hydroxyl groups excluding tert-OH is 1. The highest BCUT2D eigenvalue weighted by atomic mass is 35.5. The van der Waals surface area contributed by atoms with Gasteiger partial charge in [0, 0.05) is 29.9 Å². The zero-order valence-corrected chi connectivity index (χ0v) is 22.0. The van der Waals surface area contributed by atoms with Crippen LogP contribution < -0.4 is 10.1 Å². The molecule has 9 nitrogen and oxygen atoms in total. The van der Waals surface area contributed by atoms with Crippen LogP contribution in [-0.2, 0) is 14.8 Å². The Bertz CT molecular complexity index is 1300. The zero-order valence-electron chi connectivity index (χ0n) is 20.5. The number of halogens is 1. The van der Waals surface area contributed by atoms with Gasteiger partial charge in [-0.05, 0) is 62.6 Å². The fourth-order valence-electron chi connectivity index (χ4n) is 4.88. The first-order valence-corrected chi connectivity index (χ1v) is 14.3. The first-order chi connectivity index (χ1) is 17.7. The first-order valence-electron chi connectivity index (χ1n) is 12.5. The number of sulfonamides is 1. The Morgan fingerprint density at radius 1 is 1.16 bits per heavy atom. The zero-order chi connectivity index (χ0) is 26.3. The average molecular weight is 548 g/mol. The molecule has 3 atom stereocenters. The van der Waals surface area contributed by atoms with Crippen LogP contribution in [0.15, 0.2) is 47.4 Å². The molecule has 3 aliphatic rings. The first kappa shape index (κ1) is 26.0. The van der Waals surface area contributed by atoms with Gasteiger partial charge in [0.05, 0.1) is 35.3 Å². The van der Waals surface area contributed by atoms with Crippen molar-refractivity contribution < 1.29 is 27.9 Å². The molecule has 2 heterocycles. The molecule has 0 aromatic heterocycles. The van der Waals surface area contributed by atoms with Crippen LogP contribution in [0.25, 0.3) is 0 Å². The number of nitrogens with one attached hydrogen (secondary N) is 1. The highest BCUT2D eigenvalue weighted by Crippen LogP contribution is 2.39. The van der Waals surface area contributed by atoms with E-state index in [1.54, 1.807) is 42.2 Å². The third-order valence-electron chi connectivity index (χ3n) is 7.32. The molecule has 1 saturated heterocycles. The maximum atomic E-state index is 13.6. The molecule has 5 rings (SSSR count). The Kier molecular flexibility index (Phi) is 7.19. The summed E-state index contributed by atoms with van der Waals surface area (Å²) in [4.78, 5) is 27.9. The Hall–Kier alpha value is -2.66. The van der Waals surface area contributed by atoms with E-state index in [1.807, 2.05) is 0 Å². The number of ether oxygens (including phenoxy) is 1. The molecule has 1 aliphatic carbocycles. The minimum Gasteiger partial charge on any atom is -0.486 e. The van der Waals surface area contributed by atoms with Crippen LogP contribution in [0.1, 0.15) is 36.5 Å². The maximum absolute atomic E-state index is 13.6. The summed E-state index contributed by atoms with van der Waals surface area (Å²) in [6.45, 7) is 2.22. The standard InChI is InChI=1S/C26H30ClN3O6S/c1-16(15-31)30-13-18-11-12-29(37(34,35)20-9-7-19(27)8-10-20)14-23(18)36-24-21(26(30)33)3-2-4-22(24)28-25(32)17-5-6-17/h2-4,7-10,16-18,23,31H,5-6,11-15H2,1H3,(H,28,32)/t16-,18?,23?/m1/s1. The van der Waals surface area contributed by atoms with Crippen LogP contribution in [0.3, 0.4) is 0 Å². The normalized spacial score (nSPS) is 23.2. The lowest BCUT2D eigenvalue weighted by atomic mass is 9.92. The number of rotatable bonds is 6. The van der Waals surface area contributed by atoms with Gasteiger partial charge < -0.3 is 20.1 Å². The van der Waals surface area contributed by atoms with Crippen LogP contribution in [-0.4, -0.2) is 72.9 Å². The number of amides is 2. The van der Waals surface area contributed by atoms with E-state index in [9.17, 15) is 23.1 Å². The summed E-state index contributed by atoms with van der Waals surface area (Å²) in [7, 11) is -3.80. The molecule has 1 saturated carbocycles. The minimum atomic E-state index is -3.80. The van der Waals surface area contributed by atoms with Crippen molar-refractivity contribution in [2.75, 3.05) is 31.6 Å². The molecule has 0 radical (unpaired) electrons. The third-order valence-corrected chi connectivity index (χ3v) is 9.45. The van der Waals surface area contributed by atoms with Gasteiger partial charge in [-0.25, -0.2) is 8.42 Å². The van der Waals surface area contributed by atoms with Crippen LogP contribution in [0.5, 0.6) is 5.75 Å². The van der Waals surface area contributed by atoms with Crippen molar-refractivity contribution >= 4 is 39.1 Å². The van der Waals surface area contributed by atoms with Gasteiger partial charge >= 0.3 is 0 Å². The largest absolute Gasteiger partial charge is 0.486 e. The summed E-state index contributed by atoms with van der Waals surface area (Å²) in [6, 6.07) is 10.6. The fraction of sp³-hybridized carbons (Fsp3) is 0.462. The number of fused-ring (bicyclic) bond motifs is 2. The number of benzene rings is 2. The lowest BCUT2D eigenvalue weighted by Crippen LogP contribution is -2.55. The number of anilines is 1. The van der Waals surface area contributed by atoms with Gasteiger partial charge in [-0.3, -0.25) is 9.59 Å². The van der Waals surface area contributed by atoms with E-state index in [0.29, 0.717) is 23.7 Å². The Morgan fingerprint density at radius 2 is 1.89 bits per heavy atom. The van der Waals surface area contributed by atoms with E-state index >= 15 is 0 Å². The minimum absolute atomic E-state index is 0.0477. The van der Waals surface area contributed by atoms with Crippen molar-refractivity contribution in [3.05, 3.63) is 53.1 Å². The molecule has 37 heavy (non-hydrogen) atoms. The van der Waals surface area contributed by atoms with Crippen LogP contribution in [0, 0.1) is 11.8 Å². The summed E-state index contributed by atoms with van der Waals surface area (Å²) in [5.74, 6) is -0.409. The molecule has 2 aliphatic heterocycles. The van der Waals surface area contributed by atoms with E-state index in [0.717, 1.165) is 12.8 Å². The van der Waals surface area contributed by atoms with E-state index in [4.69, 9.17) is 16.3 Å². The van der Waals surface area contributed by atoms with E-state index in [-0.39, 0.29) is 59.6 Å². The molecule has 2 aromatic carbocycles. The predicted molar refractivity (Wildman–Crippen MR) is 138 cm³/mol. The average Bonchev–Trinajstić information content (AvgIpc) is 3.73. The quantitative estimate of drug-likeness (QED) is 0.574. The van der Waals surface area contributed by atoms with E-state index < -0.39 is 22.2 Å². The van der Waals surface area contributed by atoms with Gasteiger partial charge in [0.1, 0.15) is 6.10 Å². The molecule has 2 aromatic rings. The summed E-state index contributed by atoms with van der Waals surface area (Å²) in [5, 5.41) is 13.2. The summed E-state index contributed by atoms with van der Waals surface area (Å²) in [6.07, 6.45) is 1.54. The molecule has 2 unspecified atom stereocenters. The third kappa shape index (κ3) is 5.20. The fourth-order valence-corrected chi connectivity index (χ4v) is 6.48. The van der Waals surface area contributed by atoms with Gasteiger partial charge in [-0.1, -0.05) is 17.7 Å². The smallest absolute Gasteiger partial charge is 0.258 e. The van der Waals surface area contributed by atoms with Crippen molar-refractivity contribution in [3.8, 4) is 5.75 Å². The molecular weight excluding hydrogens is 518 g/mol. The van der Waals surface area contributed by atoms with Crippen molar-refractivity contribution in [1.82, 2.24) is 9.21 Å². The van der Waals surface area contributed by atoms with Gasteiger partial charge in [-0.15, -0.1) is 0 Å². The molecular formula is C26H30ClN3O6S. The number of carbonyl (C=O) groups is 2. The Morgan fingerprint density at radius 3 is 2.57 bits per heavy atom. The van der Waals surface area contributed by atoms with Crippen LogP contribution in [0.2, 0.25) is 5.02 Å². The SMILES string of the molecule is C[C@H](CO)N1CC2CCN(S(=O)(=O)c3ccc(Cl)cc3)CC2Oc2c(NC(=O)C3CC3)cccc2C1=O. The number of piperidine rings is 1. The number of nitrogens with zero attached hydrogens (tertiary/aromatic N) is 2. The van der Waals surface area contributed by atoms with Gasteiger partial charge in [0.25, 0.3) is 5.91 Å². The molecule has 0 bridgehead atoms. The molecule has 11 heteroatoms. The van der Waals surface area contributed by atoms with Crippen molar-refractivity contribution in [3.63, 3.8) is 0 Å². The maximum Gasteiger partial charge on any atom is 0.258 e. The highest BCUT2D eigenvalue weighted by molar-refractivity contribution is 7.89. The van der Waals surface area contributed by atoms with E-state index in [1.165, 1.54) is 16.4 Å². The second kappa shape index (κ2) is 10.2.